The molecule has 0 aliphatic rings. The van der Waals surface area contributed by atoms with E-state index in [9.17, 15) is 4.79 Å². The topological polar surface area (TPSA) is 61.5 Å². The van der Waals surface area contributed by atoms with E-state index < -0.39 is 0 Å². The third-order valence-corrected chi connectivity index (χ3v) is 3.63. The van der Waals surface area contributed by atoms with Crippen molar-refractivity contribution in [3.63, 3.8) is 0 Å². The van der Waals surface area contributed by atoms with Gasteiger partial charge in [0.25, 0.3) is 0 Å². The molecule has 0 unspecified atom stereocenters. The zero-order valence-corrected chi connectivity index (χ0v) is 12.7. The van der Waals surface area contributed by atoms with E-state index in [2.05, 4.69) is 15.9 Å². The average Bonchev–Trinajstić information content (AvgIpc) is 2.48. The van der Waals surface area contributed by atoms with Gasteiger partial charge in [0.1, 0.15) is 11.5 Å². The second kappa shape index (κ2) is 5.96. The number of methoxy groups -OCH3 is 2. The SMILES string of the molecule is COc1ccc(OC)c(C(=O)c2ccc(Br)c(N)c2)c1. The van der Waals surface area contributed by atoms with Gasteiger partial charge in [0.05, 0.1) is 19.8 Å². The first kappa shape index (κ1) is 14.4. The summed E-state index contributed by atoms with van der Waals surface area (Å²) >= 11 is 3.30. The lowest BCUT2D eigenvalue weighted by molar-refractivity contribution is 0.103. The van der Waals surface area contributed by atoms with E-state index in [1.807, 2.05) is 0 Å². The molecule has 104 valence electrons. The van der Waals surface area contributed by atoms with E-state index in [-0.39, 0.29) is 5.78 Å². The number of ether oxygens (including phenoxy) is 2. The fourth-order valence-electron chi connectivity index (χ4n) is 1.83. The molecular weight excluding hydrogens is 322 g/mol. The van der Waals surface area contributed by atoms with Gasteiger partial charge in [0, 0.05) is 15.7 Å². The summed E-state index contributed by atoms with van der Waals surface area (Å²) in [7, 11) is 3.07. The number of rotatable bonds is 4. The van der Waals surface area contributed by atoms with Crippen LogP contribution in [0.25, 0.3) is 0 Å². The van der Waals surface area contributed by atoms with Crippen LogP contribution in [0.4, 0.5) is 5.69 Å². The van der Waals surface area contributed by atoms with E-state index >= 15 is 0 Å². The van der Waals surface area contributed by atoms with E-state index in [1.165, 1.54) is 7.11 Å². The number of carbonyl (C=O) groups excluding carboxylic acids is 1. The number of nitrogens with two attached hydrogens (primary N) is 1. The molecule has 2 N–H and O–H groups in total. The van der Waals surface area contributed by atoms with Crippen molar-refractivity contribution >= 4 is 27.4 Å². The summed E-state index contributed by atoms with van der Waals surface area (Å²) < 4.78 is 11.1. The fraction of sp³-hybridized carbons (Fsp3) is 0.133. The number of hydrogen-bond acceptors (Lipinski definition) is 4. The molecule has 4 nitrogen and oxygen atoms in total. The van der Waals surface area contributed by atoms with Crippen LogP contribution in [0.2, 0.25) is 0 Å². The number of nitrogen functional groups attached to an aromatic ring is 1. The maximum atomic E-state index is 12.6. The Hall–Kier alpha value is -2.01. The molecule has 0 heterocycles. The van der Waals surface area contributed by atoms with Crippen LogP contribution in [-0.4, -0.2) is 20.0 Å². The molecule has 0 aromatic heterocycles. The summed E-state index contributed by atoms with van der Waals surface area (Å²) in [5, 5.41) is 0. The van der Waals surface area contributed by atoms with Gasteiger partial charge >= 0.3 is 0 Å². The normalized spacial score (nSPS) is 10.2. The minimum Gasteiger partial charge on any atom is -0.497 e. The highest BCUT2D eigenvalue weighted by atomic mass is 79.9. The lowest BCUT2D eigenvalue weighted by Crippen LogP contribution is -2.05. The van der Waals surface area contributed by atoms with Crippen LogP contribution >= 0.6 is 15.9 Å². The third kappa shape index (κ3) is 2.77. The van der Waals surface area contributed by atoms with Crippen LogP contribution in [0.5, 0.6) is 11.5 Å². The summed E-state index contributed by atoms with van der Waals surface area (Å²) in [6.07, 6.45) is 0. The van der Waals surface area contributed by atoms with Crippen molar-refractivity contribution in [3.8, 4) is 11.5 Å². The molecule has 5 heteroatoms. The van der Waals surface area contributed by atoms with Crippen molar-refractivity contribution in [1.82, 2.24) is 0 Å². The molecule has 2 aromatic rings. The summed E-state index contributed by atoms with van der Waals surface area (Å²) in [6, 6.07) is 10.2. The van der Waals surface area contributed by atoms with Gasteiger partial charge in [0.2, 0.25) is 0 Å². The van der Waals surface area contributed by atoms with E-state index in [4.69, 9.17) is 15.2 Å². The van der Waals surface area contributed by atoms with Crippen molar-refractivity contribution in [2.75, 3.05) is 20.0 Å². The fourth-order valence-corrected chi connectivity index (χ4v) is 2.08. The molecular formula is C15H14BrNO3. The summed E-state index contributed by atoms with van der Waals surface area (Å²) in [6.45, 7) is 0. The van der Waals surface area contributed by atoms with E-state index in [1.54, 1.807) is 43.5 Å². The Labute approximate surface area is 125 Å². The van der Waals surface area contributed by atoms with Gasteiger partial charge < -0.3 is 15.2 Å². The quantitative estimate of drug-likeness (QED) is 0.688. The van der Waals surface area contributed by atoms with Crippen LogP contribution < -0.4 is 15.2 Å². The molecule has 0 bridgehead atoms. The Morgan fingerprint density at radius 3 is 2.45 bits per heavy atom. The van der Waals surface area contributed by atoms with Crippen LogP contribution in [0.1, 0.15) is 15.9 Å². The van der Waals surface area contributed by atoms with Crippen LogP contribution in [0.15, 0.2) is 40.9 Å². The lowest BCUT2D eigenvalue weighted by atomic mass is 10.0. The number of hydrogen-bond donors (Lipinski definition) is 1. The van der Waals surface area contributed by atoms with Crippen molar-refractivity contribution < 1.29 is 14.3 Å². The first-order valence-corrected chi connectivity index (χ1v) is 6.68. The molecule has 20 heavy (non-hydrogen) atoms. The number of halogens is 1. The molecule has 0 radical (unpaired) electrons. The van der Waals surface area contributed by atoms with Crippen molar-refractivity contribution in [2.45, 2.75) is 0 Å². The van der Waals surface area contributed by atoms with Crippen LogP contribution in [0.3, 0.4) is 0 Å². The molecule has 0 saturated carbocycles. The van der Waals surface area contributed by atoms with Crippen LogP contribution in [-0.2, 0) is 0 Å². The molecule has 0 fully saturated rings. The molecule has 0 amide bonds. The first-order chi connectivity index (χ1) is 9.56. The van der Waals surface area contributed by atoms with E-state index in [0.29, 0.717) is 28.3 Å². The maximum absolute atomic E-state index is 12.6. The van der Waals surface area contributed by atoms with Gasteiger partial charge in [-0.1, -0.05) is 0 Å². The highest BCUT2D eigenvalue weighted by Crippen LogP contribution is 2.28. The Bertz CT molecular complexity index is 656. The van der Waals surface area contributed by atoms with Crippen molar-refractivity contribution in [2.24, 2.45) is 0 Å². The minimum atomic E-state index is -0.167. The predicted molar refractivity (Wildman–Crippen MR) is 81.5 cm³/mol. The number of anilines is 1. The summed E-state index contributed by atoms with van der Waals surface area (Å²) in [5.41, 5.74) is 7.26. The number of carbonyl (C=O) groups is 1. The second-order valence-electron chi connectivity index (χ2n) is 4.13. The van der Waals surface area contributed by atoms with Gasteiger partial charge in [-0.15, -0.1) is 0 Å². The zero-order valence-electron chi connectivity index (χ0n) is 11.1. The van der Waals surface area contributed by atoms with Gasteiger partial charge in [-0.2, -0.15) is 0 Å². The molecule has 2 rings (SSSR count). The second-order valence-corrected chi connectivity index (χ2v) is 4.99. The molecule has 0 saturated heterocycles. The monoisotopic (exact) mass is 335 g/mol. The molecule has 0 atom stereocenters. The molecule has 0 spiro atoms. The van der Waals surface area contributed by atoms with Crippen molar-refractivity contribution in [1.29, 1.82) is 0 Å². The Morgan fingerprint density at radius 1 is 1.10 bits per heavy atom. The van der Waals surface area contributed by atoms with Gasteiger partial charge in [-0.05, 0) is 52.3 Å². The number of benzene rings is 2. The van der Waals surface area contributed by atoms with Crippen LogP contribution in [0, 0.1) is 0 Å². The van der Waals surface area contributed by atoms with Gasteiger partial charge in [-0.3, -0.25) is 4.79 Å². The van der Waals surface area contributed by atoms with Crippen molar-refractivity contribution in [3.05, 3.63) is 52.0 Å². The zero-order chi connectivity index (χ0) is 14.7. The summed E-state index contributed by atoms with van der Waals surface area (Å²) in [5.74, 6) is 0.927. The lowest BCUT2D eigenvalue weighted by Gasteiger charge is -2.10. The molecule has 2 aromatic carbocycles. The van der Waals surface area contributed by atoms with E-state index in [0.717, 1.165) is 4.47 Å². The standard InChI is InChI=1S/C15H14BrNO3/c1-19-10-4-6-14(20-2)11(8-10)15(18)9-3-5-12(16)13(17)7-9/h3-8H,17H2,1-2H3. The number of ketones is 1. The predicted octanol–water partition coefficient (Wildman–Crippen LogP) is 3.28. The highest BCUT2D eigenvalue weighted by Gasteiger charge is 2.16. The minimum absolute atomic E-state index is 0.167. The molecule has 0 aliphatic carbocycles. The smallest absolute Gasteiger partial charge is 0.196 e. The Kier molecular flexibility index (Phi) is 4.29. The first-order valence-electron chi connectivity index (χ1n) is 5.88. The van der Waals surface area contributed by atoms with Gasteiger partial charge in [0.15, 0.2) is 5.78 Å². The van der Waals surface area contributed by atoms with Gasteiger partial charge in [-0.25, -0.2) is 0 Å². The highest BCUT2D eigenvalue weighted by molar-refractivity contribution is 9.10. The maximum Gasteiger partial charge on any atom is 0.196 e. The molecule has 0 aliphatic heterocycles. The average molecular weight is 336 g/mol. The third-order valence-electron chi connectivity index (χ3n) is 2.91. The summed E-state index contributed by atoms with van der Waals surface area (Å²) in [4.78, 5) is 12.6. The Balaban J connectivity index is 2.48. The largest absolute Gasteiger partial charge is 0.497 e. The Morgan fingerprint density at radius 2 is 1.85 bits per heavy atom.